The molecule has 0 fully saturated rings. The summed E-state index contributed by atoms with van der Waals surface area (Å²) in [7, 11) is 1.66. The van der Waals surface area contributed by atoms with Gasteiger partial charge >= 0.3 is 0 Å². The summed E-state index contributed by atoms with van der Waals surface area (Å²) in [5.41, 5.74) is 0.119. The molecule has 0 bridgehead atoms. The zero-order chi connectivity index (χ0) is 18.3. The molecule has 8 heteroatoms. The number of guanidine groups is 1. The van der Waals surface area contributed by atoms with Crippen LogP contribution >= 0.6 is 0 Å². The van der Waals surface area contributed by atoms with Crippen molar-refractivity contribution in [3.63, 3.8) is 0 Å². The molecule has 0 saturated heterocycles. The van der Waals surface area contributed by atoms with Gasteiger partial charge in [-0.25, -0.2) is 9.67 Å². The molecule has 1 aliphatic heterocycles. The van der Waals surface area contributed by atoms with E-state index in [2.05, 4.69) is 58.7 Å². The average Bonchev–Trinajstić information content (AvgIpc) is 2.93. The van der Waals surface area contributed by atoms with E-state index < -0.39 is 0 Å². The van der Waals surface area contributed by atoms with Gasteiger partial charge in [0.15, 0.2) is 11.8 Å². The van der Waals surface area contributed by atoms with Crippen molar-refractivity contribution in [3.8, 4) is 0 Å². The third-order valence-corrected chi connectivity index (χ3v) is 3.90. The van der Waals surface area contributed by atoms with Crippen molar-refractivity contribution in [2.24, 2.45) is 4.99 Å². The van der Waals surface area contributed by atoms with E-state index in [1.165, 1.54) is 0 Å². The maximum Gasteiger partial charge on any atom is 0.191 e. The lowest BCUT2D eigenvalue weighted by Gasteiger charge is -2.25. The summed E-state index contributed by atoms with van der Waals surface area (Å²) in [6.45, 7) is 12.3. The molecule has 2 heterocycles. The van der Waals surface area contributed by atoms with Crippen LogP contribution in [0.4, 0.5) is 0 Å². The molecule has 0 amide bonds. The Hall–Kier alpha value is -1.67. The number of fused-ring (bicyclic) bond motifs is 1. The zero-order valence-electron chi connectivity index (χ0n) is 16.2. The molecule has 3 N–H and O–H groups in total. The fourth-order valence-electron chi connectivity index (χ4n) is 2.78. The van der Waals surface area contributed by atoms with Crippen LogP contribution in [0.25, 0.3) is 0 Å². The maximum absolute atomic E-state index is 5.12. The third kappa shape index (κ3) is 6.62. The molecule has 1 aliphatic rings. The van der Waals surface area contributed by atoms with Crippen molar-refractivity contribution in [2.45, 2.75) is 65.3 Å². The van der Waals surface area contributed by atoms with Crippen molar-refractivity contribution in [1.82, 2.24) is 30.7 Å². The number of nitrogens with one attached hydrogen (secondary N) is 3. The fraction of sp³-hybridized carbons (Fsp3) is 0.824. The van der Waals surface area contributed by atoms with Gasteiger partial charge in [-0.2, -0.15) is 5.10 Å². The van der Waals surface area contributed by atoms with E-state index >= 15 is 0 Å². The van der Waals surface area contributed by atoms with Gasteiger partial charge in [0.25, 0.3) is 0 Å². The molecule has 142 valence electrons. The molecule has 0 spiro atoms. The number of aliphatic imine (C=N–C) groups is 1. The van der Waals surface area contributed by atoms with E-state index in [1.807, 2.05) is 4.68 Å². The number of ether oxygens (including phenoxy) is 1. The number of nitrogens with zero attached hydrogens (tertiary/aromatic N) is 4. The Bertz CT molecular complexity index is 562. The van der Waals surface area contributed by atoms with Gasteiger partial charge in [0.2, 0.25) is 0 Å². The first-order valence-corrected chi connectivity index (χ1v) is 9.12. The Morgan fingerprint density at radius 3 is 2.88 bits per heavy atom. The molecular formula is C17H33N7O. The third-order valence-electron chi connectivity index (χ3n) is 3.90. The van der Waals surface area contributed by atoms with Gasteiger partial charge in [0, 0.05) is 38.2 Å². The molecule has 8 nitrogen and oxygen atoms in total. The van der Waals surface area contributed by atoms with Crippen LogP contribution in [0.1, 0.15) is 45.8 Å². The van der Waals surface area contributed by atoms with Crippen molar-refractivity contribution < 1.29 is 4.74 Å². The van der Waals surface area contributed by atoms with Crippen LogP contribution in [0.15, 0.2) is 4.99 Å². The highest BCUT2D eigenvalue weighted by molar-refractivity contribution is 5.80. The Balaban J connectivity index is 1.88. The molecule has 1 aromatic heterocycles. The second-order valence-electron chi connectivity index (χ2n) is 7.38. The first-order valence-electron chi connectivity index (χ1n) is 9.12. The zero-order valence-corrected chi connectivity index (χ0v) is 16.2. The second kappa shape index (κ2) is 9.15. The topological polar surface area (TPSA) is 88.4 Å². The molecule has 1 atom stereocenters. The SMILES string of the molecule is CCNC(=NCCNC(C)(C)C)NC1CCc2nc(COC)nn2C1. The van der Waals surface area contributed by atoms with E-state index in [0.29, 0.717) is 12.6 Å². The van der Waals surface area contributed by atoms with Crippen molar-refractivity contribution in [2.75, 3.05) is 26.7 Å². The van der Waals surface area contributed by atoms with Crippen LogP contribution in [0.3, 0.4) is 0 Å². The molecule has 25 heavy (non-hydrogen) atoms. The number of methoxy groups -OCH3 is 1. The largest absolute Gasteiger partial charge is 0.377 e. The first kappa shape index (κ1) is 19.7. The highest BCUT2D eigenvalue weighted by Crippen LogP contribution is 2.13. The van der Waals surface area contributed by atoms with Gasteiger partial charge in [0.05, 0.1) is 13.1 Å². The minimum absolute atomic E-state index is 0.119. The van der Waals surface area contributed by atoms with Crippen LogP contribution in [-0.2, 0) is 24.3 Å². The quantitative estimate of drug-likeness (QED) is 0.380. The summed E-state index contributed by atoms with van der Waals surface area (Å²) in [5, 5.41) is 14.8. The van der Waals surface area contributed by atoms with Crippen molar-refractivity contribution >= 4 is 5.96 Å². The summed E-state index contributed by atoms with van der Waals surface area (Å²) in [4.78, 5) is 9.19. The molecule has 0 aromatic carbocycles. The summed E-state index contributed by atoms with van der Waals surface area (Å²) in [5.74, 6) is 2.66. The summed E-state index contributed by atoms with van der Waals surface area (Å²) < 4.78 is 7.11. The van der Waals surface area contributed by atoms with Crippen LogP contribution in [0.2, 0.25) is 0 Å². The number of hydrogen-bond donors (Lipinski definition) is 3. The Kier molecular flexibility index (Phi) is 7.19. The van der Waals surface area contributed by atoms with Crippen LogP contribution < -0.4 is 16.0 Å². The maximum atomic E-state index is 5.12. The number of rotatable bonds is 7. The lowest BCUT2D eigenvalue weighted by Crippen LogP contribution is -2.47. The van der Waals surface area contributed by atoms with E-state index in [4.69, 9.17) is 4.74 Å². The number of aromatic nitrogens is 3. The van der Waals surface area contributed by atoms with E-state index in [9.17, 15) is 0 Å². The minimum atomic E-state index is 0.119. The lowest BCUT2D eigenvalue weighted by molar-refractivity contribution is 0.177. The average molecular weight is 351 g/mol. The minimum Gasteiger partial charge on any atom is -0.377 e. The van der Waals surface area contributed by atoms with Gasteiger partial charge in [-0.05, 0) is 34.1 Å². The number of hydrogen-bond acceptors (Lipinski definition) is 5. The van der Waals surface area contributed by atoms with Crippen LogP contribution in [0, 0.1) is 0 Å². The van der Waals surface area contributed by atoms with Crippen molar-refractivity contribution in [1.29, 1.82) is 0 Å². The predicted molar refractivity (Wildman–Crippen MR) is 99.7 cm³/mol. The molecule has 1 unspecified atom stereocenters. The predicted octanol–water partition coefficient (Wildman–Crippen LogP) is 0.683. The van der Waals surface area contributed by atoms with Gasteiger partial charge in [-0.3, -0.25) is 4.99 Å². The molecule has 0 aliphatic carbocycles. The first-order chi connectivity index (χ1) is 11.9. The standard InChI is InChI=1S/C17H33N7O/c1-6-18-16(19-9-10-20-17(2,3)4)21-13-7-8-15-22-14(12-25-5)23-24(15)11-13/h13,20H,6-12H2,1-5H3,(H2,18,19,21). The van der Waals surface area contributed by atoms with Gasteiger partial charge in [-0.15, -0.1) is 0 Å². The highest BCUT2D eigenvalue weighted by atomic mass is 16.5. The number of aryl methyl sites for hydroxylation is 1. The Morgan fingerprint density at radius 2 is 2.20 bits per heavy atom. The summed E-state index contributed by atoms with van der Waals surface area (Å²) in [6.07, 6.45) is 1.94. The van der Waals surface area contributed by atoms with Gasteiger partial charge in [0.1, 0.15) is 12.4 Å². The second-order valence-corrected chi connectivity index (χ2v) is 7.38. The van der Waals surface area contributed by atoms with Crippen LogP contribution in [0.5, 0.6) is 0 Å². The van der Waals surface area contributed by atoms with E-state index in [1.54, 1.807) is 7.11 Å². The van der Waals surface area contributed by atoms with Gasteiger partial charge in [-0.1, -0.05) is 0 Å². The van der Waals surface area contributed by atoms with Gasteiger partial charge < -0.3 is 20.7 Å². The fourth-order valence-corrected chi connectivity index (χ4v) is 2.78. The Labute approximate surface area is 150 Å². The van der Waals surface area contributed by atoms with E-state index in [-0.39, 0.29) is 5.54 Å². The smallest absolute Gasteiger partial charge is 0.191 e. The van der Waals surface area contributed by atoms with Crippen LogP contribution in [-0.4, -0.2) is 59.0 Å². The Morgan fingerprint density at radius 1 is 1.40 bits per heavy atom. The molecule has 0 saturated carbocycles. The van der Waals surface area contributed by atoms with Crippen molar-refractivity contribution in [3.05, 3.63) is 11.6 Å². The highest BCUT2D eigenvalue weighted by Gasteiger charge is 2.22. The normalized spacial score (nSPS) is 18.1. The molecule has 2 rings (SSSR count). The molecule has 1 aromatic rings. The lowest BCUT2D eigenvalue weighted by atomic mass is 10.1. The summed E-state index contributed by atoms with van der Waals surface area (Å²) >= 11 is 0. The molecular weight excluding hydrogens is 318 g/mol. The monoisotopic (exact) mass is 351 g/mol. The molecule has 0 radical (unpaired) electrons. The van der Waals surface area contributed by atoms with E-state index in [0.717, 1.165) is 56.6 Å². The summed E-state index contributed by atoms with van der Waals surface area (Å²) in [6, 6.07) is 0.304.